The molecule has 1 N–H and O–H groups in total. The van der Waals surface area contributed by atoms with Crippen LogP contribution in [0, 0.1) is 0 Å². The molecule has 0 radical (unpaired) electrons. The van der Waals surface area contributed by atoms with Crippen LogP contribution in [0.25, 0.3) is 0 Å². The zero-order chi connectivity index (χ0) is 11.4. The van der Waals surface area contributed by atoms with Crippen LogP contribution in [-0.2, 0) is 0 Å². The Bertz CT molecular complexity index is 331. The predicted molar refractivity (Wildman–Crippen MR) is 67.1 cm³/mol. The molecule has 1 aliphatic carbocycles. The molecule has 0 saturated heterocycles. The highest BCUT2D eigenvalue weighted by Gasteiger charge is 2.19. The second-order valence-electron chi connectivity index (χ2n) is 4.80. The fraction of sp³-hybridized carbons (Fsp3) is 0.571. The van der Waals surface area contributed by atoms with E-state index >= 15 is 0 Å². The summed E-state index contributed by atoms with van der Waals surface area (Å²) in [6.07, 6.45) is 2.67. The van der Waals surface area contributed by atoms with Crippen molar-refractivity contribution in [3.8, 4) is 5.75 Å². The van der Waals surface area contributed by atoms with Crippen LogP contribution in [0.15, 0.2) is 24.3 Å². The maximum Gasteiger partial charge on any atom is 0.119 e. The van der Waals surface area contributed by atoms with Crippen LogP contribution in [0.1, 0.15) is 38.2 Å². The van der Waals surface area contributed by atoms with Crippen molar-refractivity contribution < 1.29 is 4.74 Å². The predicted octanol–water partition coefficient (Wildman–Crippen LogP) is 2.94. The lowest BCUT2D eigenvalue weighted by Crippen LogP contribution is -2.22. The van der Waals surface area contributed by atoms with Crippen molar-refractivity contribution in [1.82, 2.24) is 5.32 Å². The molecule has 16 heavy (non-hydrogen) atoms. The van der Waals surface area contributed by atoms with Gasteiger partial charge in [-0.15, -0.1) is 0 Å². The Morgan fingerprint density at radius 3 is 2.88 bits per heavy atom. The van der Waals surface area contributed by atoms with Gasteiger partial charge >= 0.3 is 0 Å². The van der Waals surface area contributed by atoms with E-state index in [1.165, 1.54) is 18.4 Å². The fourth-order valence-electron chi connectivity index (χ4n) is 1.68. The summed E-state index contributed by atoms with van der Waals surface area (Å²) in [4.78, 5) is 0. The highest BCUT2D eigenvalue weighted by atomic mass is 16.5. The molecule has 1 saturated carbocycles. The number of hydrogen-bond acceptors (Lipinski definition) is 2. The second kappa shape index (κ2) is 5.35. The number of ether oxygens (including phenoxy) is 1. The van der Waals surface area contributed by atoms with Gasteiger partial charge in [0.15, 0.2) is 0 Å². The molecule has 0 aromatic heterocycles. The van der Waals surface area contributed by atoms with Gasteiger partial charge in [-0.05, 0) is 36.5 Å². The van der Waals surface area contributed by atoms with Gasteiger partial charge in [-0.3, -0.25) is 0 Å². The summed E-state index contributed by atoms with van der Waals surface area (Å²) in [7, 11) is 0. The summed E-state index contributed by atoms with van der Waals surface area (Å²) in [6.45, 7) is 6.12. The lowest BCUT2D eigenvalue weighted by Gasteiger charge is -2.10. The van der Waals surface area contributed by atoms with Crippen molar-refractivity contribution in [2.45, 2.75) is 38.6 Å². The first-order chi connectivity index (χ1) is 7.75. The van der Waals surface area contributed by atoms with Gasteiger partial charge in [0.1, 0.15) is 12.4 Å². The molecule has 2 rings (SSSR count). The zero-order valence-electron chi connectivity index (χ0n) is 10.2. The molecule has 0 amide bonds. The Labute approximate surface area is 98.0 Å². The first kappa shape index (κ1) is 11.5. The molecular formula is C14H21NO. The first-order valence-corrected chi connectivity index (χ1v) is 6.22. The molecule has 88 valence electrons. The largest absolute Gasteiger partial charge is 0.492 e. The Morgan fingerprint density at radius 2 is 2.19 bits per heavy atom. The van der Waals surface area contributed by atoms with E-state index in [1.807, 2.05) is 6.07 Å². The molecule has 2 nitrogen and oxygen atoms in total. The van der Waals surface area contributed by atoms with Crippen molar-refractivity contribution in [3.05, 3.63) is 29.8 Å². The summed E-state index contributed by atoms with van der Waals surface area (Å²) >= 11 is 0. The highest BCUT2D eigenvalue weighted by Crippen LogP contribution is 2.20. The monoisotopic (exact) mass is 219 g/mol. The molecule has 0 heterocycles. The molecule has 1 fully saturated rings. The third kappa shape index (κ3) is 3.53. The SMILES string of the molecule is CC(C)c1cccc(OCCNC2CC2)c1. The van der Waals surface area contributed by atoms with E-state index in [0.29, 0.717) is 5.92 Å². The molecule has 0 aliphatic heterocycles. The van der Waals surface area contributed by atoms with Gasteiger partial charge in [-0.1, -0.05) is 26.0 Å². The molecule has 0 spiro atoms. The van der Waals surface area contributed by atoms with E-state index in [1.54, 1.807) is 0 Å². The van der Waals surface area contributed by atoms with Crippen LogP contribution in [0.4, 0.5) is 0 Å². The van der Waals surface area contributed by atoms with E-state index in [9.17, 15) is 0 Å². The van der Waals surface area contributed by atoms with Crippen LogP contribution in [-0.4, -0.2) is 19.2 Å². The van der Waals surface area contributed by atoms with Gasteiger partial charge in [-0.25, -0.2) is 0 Å². The number of rotatable bonds is 6. The topological polar surface area (TPSA) is 21.3 Å². The van der Waals surface area contributed by atoms with Gasteiger partial charge in [0, 0.05) is 12.6 Å². The van der Waals surface area contributed by atoms with Crippen LogP contribution in [0.2, 0.25) is 0 Å². The Morgan fingerprint density at radius 1 is 1.38 bits per heavy atom. The number of benzene rings is 1. The zero-order valence-corrected chi connectivity index (χ0v) is 10.2. The molecule has 1 aliphatic rings. The third-order valence-corrected chi connectivity index (χ3v) is 2.91. The van der Waals surface area contributed by atoms with Crippen LogP contribution in [0.3, 0.4) is 0 Å². The average Bonchev–Trinajstić information content (AvgIpc) is 3.09. The van der Waals surface area contributed by atoms with E-state index in [2.05, 4.69) is 37.4 Å². The van der Waals surface area contributed by atoms with Crippen molar-refractivity contribution in [2.24, 2.45) is 0 Å². The second-order valence-corrected chi connectivity index (χ2v) is 4.80. The van der Waals surface area contributed by atoms with Crippen molar-refractivity contribution in [2.75, 3.05) is 13.2 Å². The maximum absolute atomic E-state index is 5.71. The molecule has 1 aromatic rings. The van der Waals surface area contributed by atoms with Crippen molar-refractivity contribution >= 4 is 0 Å². The summed E-state index contributed by atoms with van der Waals surface area (Å²) in [5.74, 6) is 1.55. The highest BCUT2D eigenvalue weighted by molar-refractivity contribution is 5.30. The standard InChI is InChI=1S/C14H21NO/c1-11(2)12-4-3-5-14(10-12)16-9-8-15-13-6-7-13/h3-5,10-11,13,15H,6-9H2,1-2H3. The normalized spacial score (nSPS) is 15.4. The molecule has 0 unspecified atom stereocenters. The minimum atomic E-state index is 0.563. The molecular weight excluding hydrogens is 198 g/mol. The summed E-state index contributed by atoms with van der Waals surface area (Å²) in [6, 6.07) is 9.16. The molecule has 2 heteroatoms. The Hall–Kier alpha value is -1.02. The fourth-order valence-corrected chi connectivity index (χ4v) is 1.68. The Balaban J connectivity index is 1.76. The third-order valence-electron chi connectivity index (χ3n) is 2.91. The van der Waals surface area contributed by atoms with E-state index in [-0.39, 0.29) is 0 Å². The van der Waals surface area contributed by atoms with Gasteiger partial charge in [0.2, 0.25) is 0 Å². The summed E-state index contributed by atoms with van der Waals surface area (Å²) in [5.41, 5.74) is 1.34. The Kier molecular flexibility index (Phi) is 3.83. The van der Waals surface area contributed by atoms with E-state index < -0.39 is 0 Å². The van der Waals surface area contributed by atoms with Crippen LogP contribution >= 0.6 is 0 Å². The lowest BCUT2D eigenvalue weighted by atomic mass is 10.0. The average molecular weight is 219 g/mol. The summed E-state index contributed by atoms with van der Waals surface area (Å²) in [5, 5.41) is 3.44. The van der Waals surface area contributed by atoms with Gasteiger partial charge in [0.25, 0.3) is 0 Å². The number of nitrogens with one attached hydrogen (secondary N) is 1. The van der Waals surface area contributed by atoms with Gasteiger partial charge < -0.3 is 10.1 Å². The van der Waals surface area contributed by atoms with Crippen molar-refractivity contribution in [3.63, 3.8) is 0 Å². The molecule has 0 atom stereocenters. The van der Waals surface area contributed by atoms with Gasteiger partial charge in [-0.2, -0.15) is 0 Å². The lowest BCUT2D eigenvalue weighted by molar-refractivity contribution is 0.313. The minimum absolute atomic E-state index is 0.563. The minimum Gasteiger partial charge on any atom is -0.492 e. The molecule has 0 bridgehead atoms. The maximum atomic E-state index is 5.71. The summed E-state index contributed by atoms with van der Waals surface area (Å²) < 4.78 is 5.71. The first-order valence-electron chi connectivity index (χ1n) is 6.22. The quantitative estimate of drug-likeness (QED) is 0.743. The number of hydrogen-bond donors (Lipinski definition) is 1. The van der Waals surface area contributed by atoms with Gasteiger partial charge in [0.05, 0.1) is 0 Å². The van der Waals surface area contributed by atoms with Crippen LogP contribution < -0.4 is 10.1 Å². The van der Waals surface area contributed by atoms with E-state index in [4.69, 9.17) is 4.74 Å². The van der Waals surface area contributed by atoms with E-state index in [0.717, 1.165) is 24.9 Å². The molecule has 1 aromatic carbocycles. The van der Waals surface area contributed by atoms with Crippen LogP contribution in [0.5, 0.6) is 5.75 Å². The smallest absolute Gasteiger partial charge is 0.119 e. The van der Waals surface area contributed by atoms with Crippen molar-refractivity contribution in [1.29, 1.82) is 0 Å².